The van der Waals surface area contributed by atoms with Gasteiger partial charge in [0.15, 0.2) is 0 Å². The SMILES string of the molecule is C1=[N+]C2=CCCNC2CC1. The Morgan fingerprint density at radius 2 is 2.50 bits per heavy atom. The zero-order valence-electron chi connectivity index (χ0n) is 6.01. The van der Waals surface area contributed by atoms with E-state index in [1.165, 1.54) is 12.1 Å². The summed E-state index contributed by atoms with van der Waals surface area (Å²) in [5.41, 5.74) is 1.26. The molecular formula is C8H12N2+. The summed E-state index contributed by atoms with van der Waals surface area (Å²) in [6.45, 7) is 1.13. The largest absolute Gasteiger partial charge is 0.304 e. The van der Waals surface area contributed by atoms with E-state index in [2.05, 4.69) is 16.4 Å². The highest BCUT2D eigenvalue weighted by atomic mass is 15.0. The van der Waals surface area contributed by atoms with Gasteiger partial charge in [-0.2, -0.15) is 0 Å². The molecule has 0 bridgehead atoms. The molecule has 1 atom stereocenters. The normalized spacial score (nSPS) is 31.2. The number of hydrogen-bond donors (Lipinski definition) is 1. The highest BCUT2D eigenvalue weighted by molar-refractivity contribution is 5.59. The third-order valence-electron chi connectivity index (χ3n) is 2.07. The van der Waals surface area contributed by atoms with Crippen molar-refractivity contribution in [2.45, 2.75) is 25.3 Å². The quantitative estimate of drug-likeness (QED) is 0.513. The number of fused-ring (bicyclic) bond motifs is 1. The molecule has 0 saturated heterocycles. The van der Waals surface area contributed by atoms with E-state index in [9.17, 15) is 0 Å². The molecule has 0 fully saturated rings. The topological polar surface area (TPSA) is 26.1 Å². The van der Waals surface area contributed by atoms with Crippen LogP contribution in [0, 0.1) is 0 Å². The first kappa shape index (κ1) is 6.10. The lowest BCUT2D eigenvalue weighted by Crippen LogP contribution is -2.38. The van der Waals surface area contributed by atoms with E-state index in [0.29, 0.717) is 6.04 Å². The van der Waals surface area contributed by atoms with E-state index in [1.54, 1.807) is 0 Å². The van der Waals surface area contributed by atoms with Crippen LogP contribution in [0.15, 0.2) is 11.8 Å². The van der Waals surface area contributed by atoms with Crippen LogP contribution in [0.5, 0.6) is 0 Å². The van der Waals surface area contributed by atoms with Crippen LogP contribution in [0.25, 0.3) is 0 Å². The average molecular weight is 136 g/mol. The summed E-state index contributed by atoms with van der Waals surface area (Å²) in [6, 6.07) is 0.568. The number of rotatable bonds is 0. The smallest absolute Gasteiger partial charge is 0.266 e. The zero-order chi connectivity index (χ0) is 6.81. The monoisotopic (exact) mass is 136 g/mol. The van der Waals surface area contributed by atoms with Gasteiger partial charge in [-0.1, -0.05) is 0 Å². The van der Waals surface area contributed by atoms with E-state index < -0.39 is 0 Å². The van der Waals surface area contributed by atoms with Crippen molar-refractivity contribution in [1.29, 1.82) is 0 Å². The Morgan fingerprint density at radius 3 is 3.40 bits per heavy atom. The maximum absolute atomic E-state index is 4.33. The highest BCUT2D eigenvalue weighted by Gasteiger charge is 2.27. The summed E-state index contributed by atoms with van der Waals surface area (Å²) >= 11 is 0. The number of hydrogen-bond acceptors (Lipinski definition) is 2. The van der Waals surface area contributed by atoms with E-state index in [-0.39, 0.29) is 0 Å². The summed E-state index contributed by atoms with van der Waals surface area (Å²) in [6.07, 6.45) is 7.78. The van der Waals surface area contributed by atoms with Crippen molar-refractivity contribution in [3.05, 3.63) is 11.8 Å². The van der Waals surface area contributed by atoms with E-state index in [4.69, 9.17) is 0 Å². The Kier molecular flexibility index (Phi) is 1.55. The van der Waals surface area contributed by atoms with Crippen LogP contribution in [-0.4, -0.2) is 18.8 Å². The van der Waals surface area contributed by atoms with Crippen LogP contribution in [0.3, 0.4) is 0 Å². The third-order valence-corrected chi connectivity index (χ3v) is 2.07. The summed E-state index contributed by atoms with van der Waals surface area (Å²) in [7, 11) is 0. The molecule has 0 spiro atoms. The van der Waals surface area contributed by atoms with Gasteiger partial charge >= 0.3 is 0 Å². The van der Waals surface area contributed by atoms with Gasteiger partial charge in [-0.05, 0) is 25.5 Å². The molecule has 0 saturated carbocycles. The van der Waals surface area contributed by atoms with Gasteiger partial charge in [0.25, 0.3) is 5.70 Å². The van der Waals surface area contributed by atoms with Crippen LogP contribution in [0.1, 0.15) is 19.3 Å². The third kappa shape index (κ3) is 0.991. The second kappa shape index (κ2) is 2.54. The zero-order valence-corrected chi connectivity index (χ0v) is 6.01. The van der Waals surface area contributed by atoms with Crippen LogP contribution < -0.4 is 10.3 Å². The van der Waals surface area contributed by atoms with Gasteiger partial charge in [-0.15, -0.1) is 0 Å². The number of nitrogens with one attached hydrogen (secondary N) is 1. The first-order valence-corrected chi connectivity index (χ1v) is 3.93. The Hall–Kier alpha value is -0.630. The molecule has 1 unspecified atom stereocenters. The van der Waals surface area contributed by atoms with Crippen molar-refractivity contribution in [3.63, 3.8) is 0 Å². The summed E-state index contributed by atoms with van der Waals surface area (Å²) in [5, 5.41) is 3.44. The fourth-order valence-corrected chi connectivity index (χ4v) is 1.53. The van der Waals surface area contributed by atoms with Gasteiger partial charge in [-0.25, -0.2) is 0 Å². The number of aliphatic imine (C=N–C) groups is 1. The molecule has 2 aliphatic heterocycles. The highest BCUT2D eigenvalue weighted by Crippen LogP contribution is 2.13. The maximum Gasteiger partial charge on any atom is 0.266 e. The maximum atomic E-state index is 4.33. The predicted molar refractivity (Wildman–Crippen MR) is 41.9 cm³/mol. The number of nitrogens with zero attached hydrogens (tertiary/aromatic N) is 1. The molecular weight excluding hydrogens is 124 g/mol. The first-order valence-electron chi connectivity index (χ1n) is 3.93. The lowest BCUT2D eigenvalue weighted by molar-refractivity contribution is 0.504. The molecule has 2 heteroatoms. The molecule has 2 nitrogen and oxygen atoms in total. The molecule has 2 aliphatic rings. The molecule has 53 valence electrons. The van der Waals surface area contributed by atoms with E-state index in [0.717, 1.165) is 19.4 Å². The summed E-state index contributed by atoms with van der Waals surface area (Å²) in [5.74, 6) is 0. The molecule has 1 N–H and O–H groups in total. The molecule has 0 aliphatic carbocycles. The van der Waals surface area contributed by atoms with Gasteiger partial charge in [0.05, 0.1) is 11.0 Å². The second-order valence-electron chi connectivity index (χ2n) is 2.81. The fourth-order valence-electron chi connectivity index (χ4n) is 1.53. The Bertz CT molecular complexity index is 182. The van der Waals surface area contributed by atoms with Gasteiger partial charge in [-0.3, -0.25) is 0 Å². The van der Waals surface area contributed by atoms with Crippen LogP contribution in [0.2, 0.25) is 0 Å². The van der Waals surface area contributed by atoms with E-state index in [1.807, 2.05) is 6.21 Å². The molecule has 2 rings (SSSR count). The minimum Gasteiger partial charge on any atom is -0.304 e. The van der Waals surface area contributed by atoms with Crippen molar-refractivity contribution >= 4 is 6.21 Å². The minimum absolute atomic E-state index is 0.568. The molecule has 0 aromatic rings. The lowest BCUT2D eigenvalue weighted by Gasteiger charge is -2.17. The predicted octanol–water partition coefficient (Wildman–Crippen LogP) is 0.433. The Balaban J connectivity index is 2.21. The fraction of sp³-hybridized carbons (Fsp3) is 0.625. The first-order chi connectivity index (χ1) is 4.97. The minimum atomic E-state index is 0.568. The lowest BCUT2D eigenvalue weighted by atomic mass is 10.0. The van der Waals surface area contributed by atoms with Crippen LogP contribution in [0.4, 0.5) is 0 Å². The van der Waals surface area contributed by atoms with Gasteiger partial charge in [0.1, 0.15) is 0 Å². The van der Waals surface area contributed by atoms with Gasteiger partial charge in [0.2, 0.25) is 6.21 Å². The van der Waals surface area contributed by atoms with Gasteiger partial charge in [0, 0.05) is 6.42 Å². The summed E-state index contributed by atoms with van der Waals surface area (Å²) < 4.78 is 0. The van der Waals surface area contributed by atoms with Crippen molar-refractivity contribution in [3.8, 4) is 0 Å². The van der Waals surface area contributed by atoms with Crippen LogP contribution in [-0.2, 0) is 0 Å². The van der Waals surface area contributed by atoms with Crippen molar-refractivity contribution in [2.75, 3.05) is 6.54 Å². The average Bonchev–Trinajstić information content (AvgIpc) is 2.05. The Labute approximate surface area is 61.0 Å². The van der Waals surface area contributed by atoms with Crippen molar-refractivity contribution in [1.82, 2.24) is 10.3 Å². The van der Waals surface area contributed by atoms with E-state index >= 15 is 0 Å². The molecule has 0 aromatic heterocycles. The van der Waals surface area contributed by atoms with Crippen molar-refractivity contribution < 1.29 is 0 Å². The molecule has 0 aromatic carbocycles. The van der Waals surface area contributed by atoms with Crippen molar-refractivity contribution in [2.24, 2.45) is 0 Å². The second-order valence-corrected chi connectivity index (χ2v) is 2.81. The molecule has 2 heterocycles. The summed E-state index contributed by atoms with van der Waals surface area (Å²) in [4.78, 5) is 4.33. The standard InChI is InChI=1S/C8H12N2/c1-3-7-8(9-5-1)4-2-6-10-7/h3,6,8-9H,1-2,4-5H2/q+1. The Morgan fingerprint density at radius 1 is 1.50 bits per heavy atom. The molecule has 1 radical (unpaired) electrons. The molecule has 10 heavy (non-hydrogen) atoms. The molecule has 0 amide bonds. The van der Waals surface area contributed by atoms with Gasteiger partial charge < -0.3 is 5.32 Å². The van der Waals surface area contributed by atoms with Crippen LogP contribution >= 0.6 is 0 Å².